The van der Waals surface area contributed by atoms with Crippen LogP contribution in [0.1, 0.15) is 24.2 Å². The molecule has 0 aromatic heterocycles. The first-order chi connectivity index (χ1) is 12.5. The molecule has 2 aromatic rings. The first-order valence-electron chi connectivity index (χ1n) is 8.43. The second-order valence-electron chi connectivity index (χ2n) is 6.17. The minimum absolute atomic E-state index is 0.172. The van der Waals surface area contributed by atoms with E-state index in [0.29, 0.717) is 35.2 Å². The largest absolute Gasteiger partial charge is 0.497 e. The minimum Gasteiger partial charge on any atom is -0.497 e. The highest BCUT2D eigenvalue weighted by Gasteiger charge is 2.13. The Balaban J connectivity index is 1.97. The van der Waals surface area contributed by atoms with Crippen LogP contribution in [0.25, 0.3) is 0 Å². The van der Waals surface area contributed by atoms with Crippen LogP contribution < -0.4 is 20.1 Å². The molecule has 6 nitrogen and oxygen atoms in total. The topological polar surface area (TPSA) is 76.7 Å². The van der Waals surface area contributed by atoms with Gasteiger partial charge >= 0.3 is 0 Å². The first-order valence-corrected chi connectivity index (χ1v) is 8.43. The van der Waals surface area contributed by atoms with E-state index in [2.05, 4.69) is 10.6 Å². The number of carbonyl (C=O) groups excluding carboxylic acids is 2. The SMILES string of the molecule is COc1cccc(OCC(=O)Nc2ccccc2C(=O)NCC(C)C)c1. The van der Waals surface area contributed by atoms with Crippen molar-refractivity contribution < 1.29 is 19.1 Å². The van der Waals surface area contributed by atoms with Gasteiger partial charge in [-0.2, -0.15) is 0 Å². The van der Waals surface area contributed by atoms with E-state index in [1.807, 2.05) is 13.8 Å². The van der Waals surface area contributed by atoms with E-state index in [0.717, 1.165) is 0 Å². The zero-order valence-electron chi connectivity index (χ0n) is 15.2. The number of hydrogen-bond acceptors (Lipinski definition) is 4. The number of hydrogen-bond donors (Lipinski definition) is 2. The van der Waals surface area contributed by atoms with Crippen molar-refractivity contribution >= 4 is 17.5 Å². The van der Waals surface area contributed by atoms with Gasteiger partial charge in [0, 0.05) is 12.6 Å². The molecular weight excluding hydrogens is 332 g/mol. The molecule has 0 fully saturated rings. The van der Waals surface area contributed by atoms with Gasteiger partial charge in [0.25, 0.3) is 11.8 Å². The Morgan fingerprint density at radius 3 is 2.50 bits per heavy atom. The van der Waals surface area contributed by atoms with Crippen molar-refractivity contribution in [2.75, 3.05) is 25.6 Å². The van der Waals surface area contributed by atoms with Gasteiger partial charge in [-0.1, -0.05) is 32.0 Å². The van der Waals surface area contributed by atoms with Crippen molar-refractivity contribution in [1.29, 1.82) is 0 Å². The van der Waals surface area contributed by atoms with E-state index < -0.39 is 0 Å². The molecule has 0 atom stereocenters. The van der Waals surface area contributed by atoms with E-state index in [9.17, 15) is 9.59 Å². The highest BCUT2D eigenvalue weighted by atomic mass is 16.5. The number of anilines is 1. The summed E-state index contributed by atoms with van der Waals surface area (Å²) in [7, 11) is 1.56. The summed E-state index contributed by atoms with van der Waals surface area (Å²) < 4.78 is 10.6. The third kappa shape index (κ3) is 5.81. The lowest BCUT2D eigenvalue weighted by Gasteiger charge is -2.13. The van der Waals surface area contributed by atoms with Gasteiger partial charge in [-0.3, -0.25) is 9.59 Å². The van der Waals surface area contributed by atoms with Crippen LogP contribution in [0.15, 0.2) is 48.5 Å². The molecule has 0 heterocycles. The molecular formula is C20H24N2O4. The zero-order valence-corrected chi connectivity index (χ0v) is 15.2. The molecule has 26 heavy (non-hydrogen) atoms. The molecule has 2 aromatic carbocycles. The summed E-state index contributed by atoms with van der Waals surface area (Å²) in [4.78, 5) is 24.5. The Bertz CT molecular complexity index is 759. The normalized spacial score (nSPS) is 10.3. The Morgan fingerprint density at radius 1 is 1.04 bits per heavy atom. The van der Waals surface area contributed by atoms with Crippen LogP contribution >= 0.6 is 0 Å². The van der Waals surface area contributed by atoms with Crippen LogP contribution in [0, 0.1) is 5.92 Å². The third-order valence-corrected chi connectivity index (χ3v) is 3.53. The van der Waals surface area contributed by atoms with Crippen LogP contribution in [-0.2, 0) is 4.79 Å². The average Bonchev–Trinajstić information content (AvgIpc) is 2.65. The number of amides is 2. The van der Waals surface area contributed by atoms with Crippen LogP contribution in [-0.4, -0.2) is 32.1 Å². The molecule has 0 unspecified atom stereocenters. The Labute approximate surface area is 153 Å². The Hall–Kier alpha value is -3.02. The summed E-state index contributed by atoms with van der Waals surface area (Å²) >= 11 is 0. The maximum absolute atomic E-state index is 12.3. The second kappa shape index (κ2) is 9.46. The van der Waals surface area contributed by atoms with E-state index in [-0.39, 0.29) is 18.4 Å². The molecule has 0 saturated heterocycles. The van der Waals surface area contributed by atoms with Gasteiger partial charge in [-0.25, -0.2) is 0 Å². The van der Waals surface area contributed by atoms with Crippen molar-refractivity contribution in [3.8, 4) is 11.5 Å². The smallest absolute Gasteiger partial charge is 0.262 e. The maximum atomic E-state index is 12.3. The van der Waals surface area contributed by atoms with Crippen LogP contribution in [0.5, 0.6) is 11.5 Å². The van der Waals surface area contributed by atoms with Crippen LogP contribution in [0.2, 0.25) is 0 Å². The highest BCUT2D eigenvalue weighted by molar-refractivity contribution is 6.04. The quantitative estimate of drug-likeness (QED) is 0.762. The molecule has 0 spiro atoms. The number of carbonyl (C=O) groups is 2. The highest BCUT2D eigenvalue weighted by Crippen LogP contribution is 2.19. The van der Waals surface area contributed by atoms with Crippen molar-refractivity contribution in [2.24, 2.45) is 5.92 Å². The van der Waals surface area contributed by atoms with E-state index in [1.54, 1.807) is 55.6 Å². The fraction of sp³-hybridized carbons (Fsp3) is 0.300. The number of nitrogens with one attached hydrogen (secondary N) is 2. The zero-order chi connectivity index (χ0) is 18.9. The number of methoxy groups -OCH3 is 1. The molecule has 0 radical (unpaired) electrons. The fourth-order valence-corrected chi connectivity index (χ4v) is 2.21. The van der Waals surface area contributed by atoms with E-state index in [1.165, 1.54) is 0 Å². The summed E-state index contributed by atoms with van der Waals surface area (Å²) in [6, 6.07) is 13.9. The van der Waals surface area contributed by atoms with Crippen molar-refractivity contribution in [2.45, 2.75) is 13.8 Å². The van der Waals surface area contributed by atoms with Crippen molar-refractivity contribution in [3.05, 3.63) is 54.1 Å². The van der Waals surface area contributed by atoms with Gasteiger partial charge in [0.2, 0.25) is 0 Å². The maximum Gasteiger partial charge on any atom is 0.262 e. The standard InChI is InChI=1S/C20H24N2O4/c1-14(2)12-21-20(24)17-9-4-5-10-18(17)22-19(23)13-26-16-8-6-7-15(11-16)25-3/h4-11,14H,12-13H2,1-3H3,(H,21,24)(H,22,23). The van der Waals surface area contributed by atoms with E-state index >= 15 is 0 Å². The lowest BCUT2D eigenvalue weighted by atomic mass is 10.1. The van der Waals surface area contributed by atoms with Gasteiger partial charge in [-0.15, -0.1) is 0 Å². The number of para-hydroxylation sites is 1. The van der Waals surface area contributed by atoms with Gasteiger partial charge < -0.3 is 20.1 Å². The molecule has 2 amide bonds. The molecule has 0 aliphatic rings. The van der Waals surface area contributed by atoms with Crippen molar-refractivity contribution in [1.82, 2.24) is 5.32 Å². The summed E-state index contributed by atoms with van der Waals surface area (Å²) in [5, 5.41) is 5.57. The number of benzene rings is 2. The minimum atomic E-state index is -0.350. The monoisotopic (exact) mass is 356 g/mol. The third-order valence-electron chi connectivity index (χ3n) is 3.53. The van der Waals surface area contributed by atoms with Crippen LogP contribution in [0.3, 0.4) is 0 Å². The summed E-state index contributed by atoms with van der Waals surface area (Å²) in [6.07, 6.45) is 0. The molecule has 0 saturated carbocycles. The summed E-state index contributed by atoms with van der Waals surface area (Å²) in [5.74, 6) is 0.953. The molecule has 2 N–H and O–H groups in total. The summed E-state index contributed by atoms with van der Waals surface area (Å²) in [6.45, 7) is 4.43. The predicted molar refractivity (Wildman–Crippen MR) is 101 cm³/mol. The Kier molecular flexibility index (Phi) is 7.02. The molecule has 0 bridgehead atoms. The van der Waals surface area contributed by atoms with Crippen molar-refractivity contribution in [3.63, 3.8) is 0 Å². The van der Waals surface area contributed by atoms with Gasteiger partial charge in [0.15, 0.2) is 6.61 Å². The molecule has 6 heteroatoms. The average molecular weight is 356 g/mol. The lowest BCUT2D eigenvalue weighted by Crippen LogP contribution is -2.29. The predicted octanol–water partition coefficient (Wildman–Crippen LogP) is 3.10. The fourth-order valence-electron chi connectivity index (χ4n) is 2.21. The number of rotatable bonds is 8. The molecule has 0 aliphatic heterocycles. The van der Waals surface area contributed by atoms with Gasteiger partial charge in [0.05, 0.1) is 18.4 Å². The molecule has 2 rings (SSSR count). The van der Waals surface area contributed by atoms with E-state index in [4.69, 9.17) is 9.47 Å². The van der Waals surface area contributed by atoms with Crippen LogP contribution in [0.4, 0.5) is 5.69 Å². The molecule has 0 aliphatic carbocycles. The second-order valence-corrected chi connectivity index (χ2v) is 6.17. The lowest BCUT2D eigenvalue weighted by molar-refractivity contribution is -0.118. The van der Waals surface area contributed by atoms with Gasteiger partial charge in [0.1, 0.15) is 11.5 Å². The van der Waals surface area contributed by atoms with Gasteiger partial charge in [-0.05, 0) is 30.2 Å². The first kappa shape index (κ1) is 19.3. The number of ether oxygens (including phenoxy) is 2. The molecule has 138 valence electrons. The Morgan fingerprint density at radius 2 is 1.77 bits per heavy atom. The summed E-state index contributed by atoms with van der Waals surface area (Å²) in [5.41, 5.74) is 0.871.